The van der Waals surface area contributed by atoms with Crippen LogP contribution in [-0.2, 0) is 0 Å². The van der Waals surface area contributed by atoms with Crippen LogP contribution in [0.15, 0.2) is 10.4 Å². The van der Waals surface area contributed by atoms with Gasteiger partial charge in [0.15, 0.2) is 0 Å². The van der Waals surface area contributed by atoms with Crippen LogP contribution in [0, 0.1) is 0 Å². The third kappa shape index (κ3) is 0.585. The van der Waals surface area contributed by atoms with E-state index in [4.69, 9.17) is 11.7 Å². The number of nitrogens with one attached hydrogen (secondary N) is 1. The van der Waals surface area contributed by atoms with E-state index in [0.717, 1.165) is 10.5 Å². The lowest BCUT2D eigenvalue weighted by Gasteiger charge is -2.10. The van der Waals surface area contributed by atoms with Crippen LogP contribution in [0.5, 0.6) is 0 Å². The summed E-state index contributed by atoms with van der Waals surface area (Å²) in [6, 6.07) is 0. The van der Waals surface area contributed by atoms with E-state index in [1.54, 1.807) is 0 Å². The van der Waals surface area contributed by atoms with Crippen molar-refractivity contribution in [1.82, 2.24) is 16.0 Å². The number of nitrogens with zero attached hydrogens (tertiary/aromatic N) is 4. The molecule has 0 saturated heterocycles. The van der Waals surface area contributed by atoms with Gasteiger partial charge in [-0.3, -0.25) is 0 Å². The lowest BCUT2D eigenvalue weighted by Crippen LogP contribution is -2.50. The molecule has 1 heterocycles. The van der Waals surface area contributed by atoms with Crippen molar-refractivity contribution in [3.63, 3.8) is 0 Å². The number of nitrogens with two attached hydrogens (primary N) is 2. The maximum absolute atomic E-state index is 5.01. The Morgan fingerprint density at radius 1 is 1.43 bits per heavy atom. The molecule has 7 nitrogen and oxygen atoms in total. The highest BCUT2D eigenvalue weighted by Crippen LogP contribution is 1.86. The van der Waals surface area contributed by atoms with Crippen LogP contribution in [-0.4, -0.2) is 10.5 Å². The first-order valence-electron chi connectivity index (χ1n) is 1.56. The molecule has 0 aromatic rings. The van der Waals surface area contributed by atoms with E-state index in [-0.39, 0.29) is 0 Å². The van der Waals surface area contributed by atoms with Crippen LogP contribution in [0.2, 0.25) is 0 Å². The van der Waals surface area contributed by atoms with Gasteiger partial charge in [-0.05, 0) is 15.7 Å². The Bertz CT molecular complexity index is 82.0. The van der Waals surface area contributed by atoms with Crippen molar-refractivity contribution >= 4 is 0 Å². The minimum absolute atomic E-state index is 0.861. The van der Waals surface area contributed by atoms with Crippen LogP contribution >= 0.6 is 0 Å². The summed E-state index contributed by atoms with van der Waals surface area (Å²) in [5, 5.41) is 8.26. The van der Waals surface area contributed by atoms with Gasteiger partial charge in [-0.15, -0.1) is 5.23 Å². The van der Waals surface area contributed by atoms with Gasteiger partial charge in [0.2, 0.25) is 0 Å². The number of hydrazine groups is 4. The van der Waals surface area contributed by atoms with Crippen molar-refractivity contribution in [3.8, 4) is 0 Å². The molecule has 0 unspecified atom stereocenters. The predicted octanol–water partition coefficient (Wildman–Crippen LogP) is -1.95. The van der Waals surface area contributed by atoms with Gasteiger partial charge in [0.25, 0.3) is 0 Å². The molecule has 0 atom stereocenters. The monoisotopic (exact) mass is 103 g/mol. The molecular weight excluding hydrogens is 98.0 g/mol. The molecule has 7 heavy (non-hydrogen) atoms. The minimum atomic E-state index is 0.861. The first-order chi connectivity index (χ1) is 3.30. The summed E-state index contributed by atoms with van der Waals surface area (Å²) >= 11 is 0. The summed E-state index contributed by atoms with van der Waals surface area (Å²) in [5.74, 6) is 10.0. The summed E-state index contributed by atoms with van der Waals surface area (Å²) in [6.07, 6.45) is 0. The maximum atomic E-state index is 5.01. The zero-order valence-electron chi connectivity index (χ0n) is 3.44. The zero-order chi connectivity index (χ0) is 5.28. The van der Waals surface area contributed by atoms with E-state index in [2.05, 4.69) is 16.0 Å². The summed E-state index contributed by atoms with van der Waals surface area (Å²) in [7, 11) is 0. The Kier molecular flexibility index (Phi) is 0.785. The molecule has 0 saturated carbocycles. The van der Waals surface area contributed by atoms with Crippen molar-refractivity contribution in [2.75, 3.05) is 0 Å². The average Bonchev–Trinajstić information content (AvgIpc) is 1.91. The fourth-order valence-corrected chi connectivity index (χ4v) is 0.201. The molecule has 40 valence electrons. The topological polar surface area (TPSA) is 95.3 Å². The van der Waals surface area contributed by atoms with Crippen LogP contribution in [0.1, 0.15) is 0 Å². The normalized spacial score (nSPS) is 20.6. The van der Waals surface area contributed by atoms with Gasteiger partial charge in [-0.2, -0.15) is 5.53 Å². The molecule has 0 spiro atoms. The minimum Gasteiger partial charge on any atom is -0.227 e. The molecule has 0 aromatic heterocycles. The van der Waals surface area contributed by atoms with Crippen molar-refractivity contribution in [1.29, 1.82) is 0 Å². The summed E-state index contributed by atoms with van der Waals surface area (Å²) in [4.78, 5) is 0. The SMILES string of the molecule is NN1N=NNN1N. The van der Waals surface area contributed by atoms with Crippen LogP contribution < -0.4 is 17.2 Å². The van der Waals surface area contributed by atoms with Crippen LogP contribution in [0.25, 0.3) is 0 Å². The van der Waals surface area contributed by atoms with E-state index in [9.17, 15) is 0 Å². The first kappa shape index (κ1) is 4.24. The van der Waals surface area contributed by atoms with E-state index in [1.807, 2.05) is 0 Å². The third-order valence-electron chi connectivity index (χ3n) is 0.504. The fraction of sp³-hybridized carbons (Fsp3) is 0. The predicted molar refractivity (Wildman–Crippen MR) is 20.0 cm³/mol. The first-order valence-corrected chi connectivity index (χ1v) is 1.56. The zero-order valence-corrected chi connectivity index (χ0v) is 3.44. The third-order valence-corrected chi connectivity index (χ3v) is 0.504. The van der Waals surface area contributed by atoms with Gasteiger partial charge in [0.05, 0.1) is 0 Å². The van der Waals surface area contributed by atoms with Crippen molar-refractivity contribution < 1.29 is 0 Å². The van der Waals surface area contributed by atoms with E-state index in [1.165, 1.54) is 0 Å². The fourth-order valence-electron chi connectivity index (χ4n) is 0.201. The smallest absolute Gasteiger partial charge is 0.0142 e. The molecule has 0 aliphatic carbocycles. The van der Waals surface area contributed by atoms with Crippen LogP contribution in [0.3, 0.4) is 0 Å². The Morgan fingerprint density at radius 2 is 2.14 bits per heavy atom. The molecule has 5 N–H and O–H groups in total. The summed E-state index contributed by atoms with van der Waals surface area (Å²) < 4.78 is 0. The second kappa shape index (κ2) is 1.30. The molecule has 0 bridgehead atoms. The van der Waals surface area contributed by atoms with E-state index < -0.39 is 0 Å². The highest BCUT2D eigenvalue weighted by molar-refractivity contribution is 4.24. The van der Waals surface area contributed by atoms with Crippen molar-refractivity contribution in [2.24, 2.45) is 22.1 Å². The van der Waals surface area contributed by atoms with Gasteiger partial charge in [-0.1, -0.05) is 0 Å². The maximum Gasteiger partial charge on any atom is -0.0142 e. The lowest BCUT2D eigenvalue weighted by atomic mass is 12.0. The summed E-state index contributed by atoms with van der Waals surface area (Å²) in [5.41, 5.74) is 2.24. The lowest BCUT2D eigenvalue weighted by molar-refractivity contribution is -0.0341. The second-order valence-electron chi connectivity index (χ2n) is 0.954. The van der Waals surface area contributed by atoms with Gasteiger partial charge >= 0.3 is 0 Å². The Morgan fingerprint density at radius 3 is 2.29 bits per heavy atom. The molecule has 0 amide bonds. The molecule has 1 aliphatic rings. The van der Waals surface area contributed by atoms with Gasteiger partial charge in [0.1, 0.15) is 0 Å². The average molecular weight is 103 g/mol. The second-order valence-corrected chi connectivity index (χ2v) is 0.954. The quantitative estimate of drug-likeness (QED) is 0.310. The standard InChI is InChI=1S/H5N7/c1-6-4-3-5-7(6)2/h1-2H2,(H,4,5). The number of hydrogen-bond acceptors (Lipinski definition) is 7. The number of hydrogen-bond donors (Lipinski definition) is 3. The van der Waals surface area contributed by atoms with Gasteiger partial charge in [0, 0.05) is 0 Å². The Hall–Kier alpha value is -0.920. The van der Waals surface area contributed by atoms with E-state index >= 15 is 0 Å². The summed E-state index contributed by atoms with van der Waals surface area (Å²) in [6.45, 7) is 0. The molecule has 0 aromatic carbocycles. The molecule has 0 radical (unpaired) electrons. The van der Waals surface area contributed by atoms with Gasteiger partial charge in [-0.25, -0.2) is 11.7 Å². The Labute approximate surface area is 39.4 Å². The van der Waals surface area contributed by atoms with Crippen molar-refractivity contribution in [3.05, 3.63) is 0 Å². The molecule has 7 heteroatoms. The highest BCUT2D eigenvalue weighted by atomic mass is 16.2. The number of rotatable bonds is 0. The molecule has 1 aliphatic heterocycles. The van der Waals surface area contributed by atoms with E-state index in [0.29, 0.717) is 0 Å². The molecule has 0 fully saturated rings. The van der Waals surface area contributed by atoms with Gasteiger partial charge < -0.3 is 0 Å². The molecular formula is H5N7. The van der Waals surface area contributed by atoms with Crippen molar-refractivity contribution in [2.45, 2.75) is 0 Å². The highest BCUT2D eigenvalue weighted by Gasteiger charge is 2.07. The molecule has 1 rings (SSSR count). The largest absolute Gasteiger partial charge is 0.227 e. The van der Waals surface area contributed by atoms with Crippen LogP contribution in [0.4, 0.5) is 0 Å². The Balaban J connectivity index is 2.45.